The number of rotatable bonds is 8. The Bertz CT molecular complexity index is 1050. The van der Waals surface area contributed by atoms with Crippen LogP contribution in [-0.4, -0.2) is 22.7 Å². The third kappa shape index (κ3) is 5.08. The number of nitrogens with zero attached hydrogens (tertiary/aromatic N) is 1. The van der Waals surface area contributed by atoms with Crippen LogP contribution in [0.3, 0.4) is 0 Å². The van der Waals surface area contributed by atoms with Crippen molar-refractivity contribution in [2.24, 2.45) is 0 Å². The molecular weight excluding hydrogens is 384 g/mol. The van der Waals surface area contributed by atoms with E-state index in [2.05, 4.69) is 5.32 Å². The van der Waals surface area contributed by atoms with Crippen molar-refractivity contribution >= 4 is 23.1 Å². The summed E-state index contributed by atoms with van der Waals surface area (Å²) in [5.74, 6) is -0.0690. The molecule has 0 saturated heterocycles. The summed E-state index contributed by atoms with van der Waals surface area (Å²) in [4.78, 5) is 35.3. The third-order valence-electron chi connectivity index (χ3n) is 4.43. The summed E-state index contributed by atoms with van der Waals surface area (Å²) in [6.07, 6.45) is -0.152. The number of anilines is 1. The fraction of sp³-hybridized carbons (Fsp3) is 0.130. The maximum atomic E-state index is 12.7. The van der Waals surface area contributed by atoms with Gasteiger partial charge in [0.15, 0.2) is 6.10 Å². The average molecular weight is 404 g/mol. The largest absolute Gasteiger partial charge is 0.482 e. The minimum absolute atomic E-state index is 0.0874. The van der Waals surface area contributed by atoms with Crippen LogP contribution in [0, 0.1) is 10.1 Å². The SMILES string of the molecule is CCC(Oc1cccc(NC(=O)c2ccc([N+](=O)[O-])cc2)c1)C(=O)c1ccccc1. The number of carbonyl (C=O) groups is 2. The van der Waals surface area contributed by atoms with Crippen molar-refractivity contribution in [3.8, 4) is 5.75 Å². The number of nitrogens with one attached hydrogen (secondary N) is 1. The van der Waals surface area contributed by atoms with E-state index in [1.165, 1.54) is 24.3 Å². The quantitative estimate of drug-likeness (QED) is 0.327. The van der Waals surface area contributed by atoms with Crippen molar-refractivity contribution in [3.63, 3.8) is 0 Å². The first kappa shape index (κ1) is 20.7. The third-order valence-corrected chi connectivity index (χ3v) is 4.43. The molecule has 0 spiro atoms. The van der Waals surface area contributed by atoms with Gasteiger partial charge in [0.05, 0.1) is 4.92 Å². The van der Waals surface area contributed by atoms with E-state index in [1.54, 1.807) is 48.5 Å². The maximum Gasteiger partial charge on any atom is 0.269 e. The van der Waals surface area contributed by atoms with Gasteiger partial charge in [-0.1, -0.05) is 43.3 Å². The predicted octanol–water partition coefficient (Wildman–Crippen LogP) is 4.89. The Kier molecular flexibility index (Phi) is 6.54. The number of nitro groups is 1. The number of benzene rings is 3. The minimum atomic E-state index is -0.645. The lowest BCUT2D eigenvalue weighted by atomic mass is 10.0. The number of nitro benzene ring substituents is 1. The smallest absolute Gasteiger partial charge is 0.269 e. The van der Waals surface area contributed by atoms with E-state index >= 15 is 0 Å². The monoisotopic (exact) mass is 404 g/mol. The molecule has 3 rings (SSSR count). The Hall–Kier alpha value is -4.00. The zero-order chi connectivity index (χ0) is 21.5. The van der Waals surface area contributed by atoms with Crippen LogP contribution in [0.25, 0.3) is 0 Å². The number of ketones is 1. The van der Waals surface area contributed by atoms with Gasteiger partial charge < -0.3 is 10.1 Å². The lowest BCUT2D eigenvalue weighted by Crippen LogP contribution is -2.26. The Labute approximate surface area is 173 Å². The molecule has 0 fully saturated rings. The summed E-state index contributed by atoms with van der Waals surface area (Å²) in [6.45, 7) is 1.87. The molecule has 0 heterocycles. The molecule has 0 aliphatic carbocycles. The van der Waals surface area contributed by atoms with Gasteiger partial charge in [0.25, 0.3) is 11.6 Å². The average Bonchev–Trinajstić information content (AvgIpc) is 2.78. The first-order chi connectivity index (χ1) is 14.5. The van der Waals surface area contributed by atoms with Gasteiger partial charge >= 0.3 is 0 Å². The standard InChI is InChI=1S/C23H20N2O5/c1-2-21(22(26)16-7-4-3-5-8-16)30-20-10-6-9-18(15-20)24-23(27)17-11-13-19(14-12-17)25(28)29/h3-15,21H,2H2,1H3,(H,24,27). The van der Waals surface area contributed by atoms with Gasteiger partial charge in [-0.3, -0.25) is 19.7 Å². The number of ether oxygens (including phenoxy) is 1. The molecule has 0 saturated carbocycles. The van der Waals surface area contributed by atoms with Crippen LogP contribution in [0.15, 0.2) is 78.9 Å². The second kappa shape index (κ2) is 9.47. The number of non-ortho nitro benzene ring substituents is 1. The van der Waals surface area contributed by atoms with Crippen LogP contribution in [-0.2, 0) is 0 Å². The van der Waals surface area contributed by atoms with Gasteiger partial charge in [-0.15, -0.1) is 0 Å². The fourth-order valence-corrected chi connectivity index (χ4v) is 2.86. The van der Waals surface area contributed by atoms with Crippen LogP contribution < -0.4 is 10.1 Å². The summed E-state index contributed by atoms with van der Waals surface area (Å²) >= 11 is 0. The second-order valence-corrected chi connectivity index (χ2v) is 6.53. The van der Waals surface area contributed by atoms with Gasteiger partial charge in [0.2, 0.25) is 5.78 Å². The predicted molar refractivity (Wildman–Crippen MR) is 113 cm³/mol. The van der Waals surface area contributed by atoms with Crippen LogP contribution in [0.4, 0.5) is 11.4 Å². The van der Waals surface area contributed by atoms with Crippen LogP contribution in [0.2, 0.25) is 0 Å². The topological polar surface area (TPSA) is 98.5 Å². The second-order valence-electron chi connectivity index (χ2n) is 6.53. The highest BCUT2D eigenvalue weighted by Crippen LogP contribution is 2.22. The summed E-state index contributed by atoms with van der Waals surface area (Å²) < 4.78 is 5.87. The van der Waals surface area contributed by atoms with Crippen molar-refractivity contribution in [2.45, 2.75) is 19.4 Å². The zero-order valence-corrected chi connectivity index (χ0v) is 16.3. The molecule has 1 N–H and O–H groups in total. The Morgan fingerprint density at radius 1 is 0.967 bits per heavy atom. The Morgan fingerprint density at radius 2 is 1.67 bits per heavy atom. The summed E-state index contributed by atoms with van der Waals surface area (Å²) in [5.41, 5.74) is 1.26. The molecule has 7 nitrogen and oxygen atoms in total. The highest BCUT2D eigenvalue weighted by atomic mass is 16.6. The van der Waals surface area contributed by atoms with Gasteiger partial charge in [-0.05, 0) is 30.7 Å². The first-order valence-corrected chi connectivity index (χ1v) is 9.39. The number of carbonyl (C=O) groups excluding carboxylic acids is 2. The van der Waals surface area contributed by atoms with Crippen LogP contribution in [0.5, 0.6) is 5.75 Å². The van der Waals surface area contributed by atoms with Crippen molar-refractivity contribution in [3.05, 3.63) is 100 Å². The van der Waals surface area contributed by atoms with Crippen molar-refractivity contribution in [1.82, 2.24) is 0 Å². The maximum absolute atomic E-state index is 12.7. The molecule has 1 unspecified atom stereocenters. The van der Waals surface area contributed by atoms with E-state index < -0.39 is 16.9 Å². The van der Waals surface area contributed by atoms with E-state index in [9.17, 15) is 19.7 Å². The lowest BCUT2D eigenvalue weighted by molar-refractivity contribution is -0.384. The lowest BCUT2D eigenvalue weighted by Gasteiger charge is -2.17. The highest BCUT2D eigenvalue weighted by Gasteiger charge is 2.20. The molecule has 1 atom stereocenters. The number of hydrogen-bond donors (Lipinski definition) is 1. The van der Waals surface area contributed by atoms with E-state index in [0.717, 1.165) is 0 Å². The van der Waals surface area contributed by atoms with Gasteiger partial charge in [-0.25, -0.2) is 0 Å². The molecule has 7 heteroatoms. The summed E-state index contributed by atoms with van der Waals surface area (Å²) in [6, 6.07) is 21.0. The van der Waals surface area contributed by atoms with Crippen molar-refractivity contribution in [2.75, 3.05) is 5.32 Å². The van der Waals surface area contributed by atoms with E-state index in [-0.39, 0.29) is 17.0 Å². The highest BCUT2D eigenvalue weighted by molar-refractivity contribution is 6.04. The summed E-state index contributed by atoms with van der Waals surface area (Å²) in [7, 11) is 0. The van der Waals surface area contributed by atoms with Crippen LogP contribution >= 0.6 is 0 Å². The van der Waals surface area contributed by atoms with Gasteiger partial charge in [-0.2, -0.15) is 0 Å². The van der Waals surface area contributed by atoms with Crippen molar-refractivity contribution < 1.29 is 19.2 Å². The zero-order valence-electron chi connectivity index (χ0n) is 16.3. The fourth-order valence-electron chi connectivity index (χ4n) is 2.86. The van der Waals surface area contributed by atoms with E-state index in [1.807, 2.05) is 13.0 Å². The van der Waals surface area contributed by atoms with Gasteiger partial charge in [0, 0.05) is 35.0 Å². The molecule has 3 aromatic carbocycles. The molecule has 152 valence electrons. The number of amides is 1. The molecule has 0 bridgehead atoms. The Balaban J connectivity index is 1.70. The normalized spacial score (nSPS) is 11.4. The molecule has 1 amide bonds. The Morgan fingerprint density at radius 3 is 2.30 bits per heavy atom. The molecule has 0 radical (unpaired) electrons. The van der Waals surface area contributed by atoms with Crippen LogP contribution in [0.1, 0.15) is 34.1 Å². The molecule has 0 aromatic heterocycles. The molecule has 0 aliphatic rings. The van der Waals surface area contributed by atoms with E-state index in [4.69, 9.17) is 4.74 Å². The summed E-state index contributed by atoms with van der Waals surface area (Å²) in [5, 5.41) is 13.5. The number of hydrogen-bond acceptors (Lipinski definition) is 5. The minimum Gasteiger partial charge on any atom is -0.482 e. The number of Topliss-reactive ketones (excluding diaryl/α,β-unsaturated/α-hetero) is 1. The van der Waals surface area contributed by atoms with Gasteiger partial charge in [0.1, 0.15) is 5.75 Å². The molecule has 0 aliphatic heterocycles. The molecular formula is C23H20N2O5. The molecule has 30 heavy (non-hydrogen) atoms. The molecule has 3 aromatic rings. The van der Waals surface area contributed by atoms with Crippen molar-refractivity contribution in [1.29, 1.82) is 0 Å². The first-order valence-electron chi connectivity index (χ1n) is 9.39. The van der Waals surface area contributed by atoms with E-state index in [0.29, 0.717) is 23.4 Å².